The van der Waals surface area contributed by atoms with Crippen molar-refractivity contribution < 1.29 is 4.79 Å². The average Bonchev–Trinajstić information content (AvgIpc) is 2.90. The summed E-state index contributed by atoms with van der Waals surface area (Å²) in [5, 5.41) is 1.19. The Balaban J connectivity index is 1.72. The largest absolute Gasteiger partial charge is 0.346 e. The normalized spacial score (nSPS) is 11.2. The second-order valence-electron chi connectivity index (χ2n) is 5.57. The molecule has 3 aromatic rings. The summed E-state index contributed by atoms with van der Waals surface area (Å²) in [6.45, 7) is 0.571. The minimum Gasteiger partial charge on any atom is -0.346 e. The monoisotopic (exact) mass is 305 g/mol. The minimum atomic E-state index is -0.0286. The standard InChI is InChI=1S/C19H19N3O/c1-21(19(23)10-9-15-6-5-11-20-13-15)14-17-12-16-7-3-4-8-18(16)22(17)2/h3-13H,14H2,1-2H3/b10-9+. The molecule has 116 valence electrons. The Morgan fingerprint density at radius 3 is 2.83 bits per heavy atom. The lowest BCUT2D eigenvalue weighted by Gasteiger charge is -2.15. The molecule has 4 nitrogen and oxygen atoms in total. The Morgan fingerprint density at radius 1 is 1.26 bits per heavy atom. The smallest absolute Gasteiger partial charge is 0.246 e. The number of carbonyl (C=O) groups excluding carboxylic acids is 1. The lowest BCUT2D eigenvalue weighted by molar-refractivity contribution is -0.125. The molecule has 0 fully saturated rings. The summed E-state index contributed by atoms with van der Waals surface area (Å²) < 4.78 is 2.13. The van der Waals surface area contributed by atoms with E-state index in [1.54, 1.807) is 29.4 Å². The molecule has 1 amide bonds. The van der Waals surface area contributed by atoms with Crippen LogP contribution in [0, 0.1) is 0 Å². The van der Waals surface area contributed by atoms with Crippen LogP contribution in [0.2, 0.25) is 0 Å². The Morgan fingerprint density at radius 2 is 2.09 bits per heavy atom. The Labute approximate surface area is 135 Å². The molecule has 3 rings (SSSR count). The van der Waals surface area contributed by atoms with Gasteiger partial charge in [0.2, 0.25) is 5.91 Å². The third-order valence-corrected chi connectivity index (χ3v) is 3.93. The highest BCUT2D eigenvalue weighted by Gasteiger charge is 2.10. The average molecular weight is 305 g/mol. The van der Waals surface area contributed by atoms with Gasteiger partial charge in [-0.25, -0.2) is 0 Å². The van der Waals surface area contributed by atoms with Crippen LogP contribution in [0.15, 0.2) is 60.9 Å². The molecule has 23 heavy (non-hydrogen) atoms. The number of amides is 1. The van der Waals surface area contributed by atoms with Gasteiger partial charge < -0.3 is 9.47 Å². The number of likely N-dealkylation sites (N-methyl/N-ethyl adjacent to an activating group) is 1. The number of nitrogens with zero attached hydrogens (tertiary/aromatic N) is 3. The van der Waals surface area contributed by atoms with Crippen LogP contribution in [-0.4, -0.2) is 27.4 Å². The van der Waals surface area contributed by atoms with E-state index < -0.39 is 0 Å². The van der Waals surface area contributed by atoms with Crippen molar-refractivity contribution in [3.05, 3.63) is 72.2 Å². The van der Waals surface area contributed by atoms with Crippen LogP contribution in [0.1, 0.15) is 11.3 Å². The summed E-state index contributed by atoms with van der Waals surface area (Å²) in [5.74, 6) is -0.0286. The van der Waals surface area contributed by atoms with Gasteiger partial charge in [-0.05, 0) is 35.2 Å². The van der Waals surface area contributed by atoms with Crippen molar-refractivity contribution in [2.75, 3.05) is 7.05 Å². The van der Waals surface area contributed by atoms with Gasteiger partial charge in [-0.1, -0.05) is 24.3 Å². The van der Waals surface area contributed by atoms with Crippen molar-refractivity contribution in [1.29, 1.82) is 0 Å². The molecule has 0 aliphatic carbocycles. The van der Waals surface area contributed by atoms with Gasteiger partial charge in [-0.2, -0.15) is 0 Å². The lowest BCUT2D eigenvalue weighted by atomic mass is 10.2. The maximum absolute atomic E-state index is 12.3. The number of hydrogen-bond acceptors (Lipinski definition) is 2. The number of aromatic nitrogens is 2. The third-order valence-electron chi connectivity index (χ3n) is 3.93. The molecule has 2 aromatic heterocycles. The predicted molar refractivity (Wildman–Crippen MR) is 92.7 cm³/mol. The highest BCUT2D eigenvalue weighted by molar-refractivity contribution is 5.91. The van der Waals surface area contributed by atoms with E-state index in [4.69, 9.17) is 0 Å². The molecule has 1 aromatic carbocycles. The molecule has 0 saturated carbocycles. The molecule has 0 unspecified atom stereocenters. The van der Waals surface area contributed by atoms with Crippen molar-refractivity contribution in [1.82, 2.24) is 14.5 Å². The highest BCUT2D eigenvalue weighted by atomic mass is 16.2. The first-order valence-electron chi connectivity index (χ1n) is 7.51. The van der Waals surface area contributed by atoms with E-state index in [9.17, 15) is 4.79 Å². The Bertz CT molecular complexity index is 849. The topological polar surface area (TPSA) is 38.1 Å². The highest BCUT2D eigenvalue weighted by Crippen LogP contribution is 2.19. The fourth-order valence-corrected chi connectivity index (χ4v) is 2.59. The van der Waals surface area contributed by atoms with Gasteiger partial charge in [0.1, 0.15) is 0 Å². The molecule has 0 atom stereocenters. The molecule has 0 aliphatic rings. The van der Waals surface area contributed by atoms with Crippen LogP contribution >= 0.6 is 0 Å². The maximum Gasteiger partial charge on any atom is 0.246 e. The molecule has 0 radical (unpaired) electrons. The van der Waals surface area contributed by atoms with Gasteiger partial charge in [-0.15, -0.1) is 0 Å². The van der Waals surface area contributed by atoms with Crippen LogP contribution in [0.5, 0.6) is 0 Å². The molecule has 0 bridgehead atoms. The second-order valence-corrected chi connectivity index (χ2v) is 5.57. The van der Waals surface area contributed by atoms with Crippen LogP contribution < -0.4 is 0 Å². The Kier molecular flexibility index (Phi) is 4.24. The summed E-state index contributed by atoms with van der Waals surface area (Å²) >= 11 is 0. The van der Waals surface area contributed by atoms with Gasteiger partial charge >= 0.3 is 0 Å². The van der Waals surface area contributed by atoms with Crippen molar-refractivity contribution in [2.24, 2.45) is 7.05 Å². The zero-order valence-corrected chi connectivity index (χ0v) is 13.3. The molecule has 2 heterocycles. The van der Waals surface area contributed by atoms with Gasteiger partial charge in [-0.3, -0.25) is 9.78 Å². The quantitative estimate of drug-likeness (QED) is 0.694. The first kappa shape index (κ1) is 15.0. The number of para-hydroxylation sites is 1. The maximum atomic E-state index is 12.3. The molecule has 0 saturated heterocycles. The fraction of sp³-hybridized carbons (Fsp3) is 0.158. The SMILES string of the molecule is CN(Cc1cc2ccccc2n1C)C(=O)/C=C/c1cccnc1. The van der Waals surface area contributed by atoms with E-state index in [1.165, 1.54) is 10.9 Å². The number of fused-ring (bicyclic) bond motifs is 1. The van der Waals surface area contributed by atoms with E-state index in [1.807, 2.05) is 38.4 Å². The number of pyridine rings is 1. The van der Waals surface area contributed by atoms with Gasteiger partial charge in [0.15, 0.2) is 0 Å². The van der Waals surface area contributed by atoms with E-state index in [-0.39, 0.29) is 5.91 Å². The number of benzene rings is 1. The first-order valence-corrected chi connectivity index (χ1v) is 7.51. The summed E-state index contributed by atoms with van der Waals surface area (Å²) in [6, 6.07) is 14.1. The van der Waals surface area contributed by atoms with E-state index >= 15 is 0 Å². The minimum absolute atomic E-state index is 0.0286. The zero-order valence-electron chi connectivity index (χ0n) is 13.3. The summed E-state index contributed by atoms with van der Waals surface area (Å²) in [4.78, 5) is 18.0. The number of rotatable bonds is 4. The van der Waals surface area contributed by atoms with Crippen molar-refractivity contribution in [3.63, 3.8) is 0 Å². The van der Waals surface area contributed by atoms with Crippen molar-refractivity contribution in [2.45, 2.75) is 6.54 Å². The molecule has 0 aliphatic heterocycles. The van der Waals surface area contributed by atoms with Crippen molar-refractivity contribution >= 4 is 22.9 Å². The van der Waals surface area contributed by atoms with Crippen LogP contribution in [0.4, 0.5) is 0 Å². The second kappa shape index (κ2) is 6.48. The summed E-state index contributed by atoms with van der Waals surface area (Å²) in [6.07, 6.45) is 6.81. The molecule has 0 spiro atoms. The molecular formula is C19H19N3O. The molecular weight excluding hydrogens is 286 g/mol. The van der Waals surface area contributed by atoms with E-state index in [0.717, 1.165) is 11.3 Å². The summed E-state index contributed by atoms with van der Waals surface area (Å²) in [5.41, 5.74) is 3.20. The predicted octanol–water partition coefficient (Wildman–Crippen LogP) is 3.25. The summed E-state index contributed by atoms with van der Waals surface area (Å²) in [7, 11) is 3.84. The fourth-order valence-electron chi connectivity index (χ4n) is 2.59. The van der Waals surface area contributed by atoms with E-state index in [2.05, 4.69) is 27.8 Å². The molecule has 4 heteroatoms. The van der Waals surface area contributed by atoms with Crippen LogP contribution in [-0.2, 0) is 18.4 Å². The van der Waals surface area contributed by atoms with Crippen molar-refractivity contribution in [3.8, 4) is 0 Å². The number of hydrogen-bond donors (Lipinski definition) is 0. The van der Waals surface area contributed by atoms with Crippen LogP contribution in [0.3, 0.4) is 0 Å². The third kappa shape index (κ3) is 3.31. The lowest BCUT2D eigenvalue weighted by Crippen LogP contribution is -2.25. The van der Waals surface area contributed by atoms with Crippen LogP contribution in [0.25, 0.3) is 17.0 Å². The Hall–Kier alpha value is -2.88. The van der Waals surface area contributed by atoms with Gasteiger partial charge in [0.25, 0.3) is 0 Å². The van der Waals surface area contributed by atoms with Gasteiger partial charge in [0.05, 0.1) is 6.54 Å². The van der Waals surface area contributed by atoms with Gasteiger partial charge in [0, 0.05) is 43.8 Å². The first-order chi connectivity index (χ1) is 11.1. The zero-order chi connectivity index (χ0) is 16.2. The number of carbonyl (C=O) groups is 1. The molecule has 0 N–H and O–H groups in total. The van der Waals surface area contributed by atoms with E-state index in [0.29, 0.717) is 6.54 Å². The number of aryl methyl sites for hydroxylation is 1.